The van der Waals surface area contributed by atoms with Crippen molar-refractivity contribution in [3.05, 3.63) is 34.9 Å². The average Bonchev–Trinajstić information content (AvgIpc) is 2.28. The van der Waals surface area contributed by atoms with Crippen molar-refractivity contribution < 1.29 is 9.47 Å². The molecule has 1 aromatic rings. The monoisotopic (exact) mass is 243 g/mol. The molecule has 0 spiro atoms. The maximum atomic E-state index is 6.03. The molecule has 3 nitrogen and oxygen atoms in total. The van der Waals surface area contributed by atoms with Crippen LogP contribution >= 0.6 is 11.6 Å². The van der Waals surface area contributed by atoms with Crippen LogP contribution in [0.3, 0.4) is 0 Å². The quantitative estimate of drug-likeness (QED) is 0.796. The second-order valence-corrected chi connectivity index (χ2v) is 3.94. The van der Waals surface area contributed by atoms with E-state index in [2.05, 4.69) is 5.32 Å². The van der Waals surface area contributed by atoms with Crippen LogP contribution in [0.5, 0.6) is 0 Å². The molecule has 0 aliphatic rings. The molecular weight excluding hydrogens is 226 g/mol. The fourth-order valence-corrected chi connectivity index (χ4v) is 1.59. The van der Waals surface area contributed by atoms with E-state index in [0.29, 0.717) is 13.2 Å². The number of hydrogen-bond donors (Lipinski definition) is 1. The van der Waals surface area contributed by atoms with Gasteiger partial charge in [-0.05, 0) is 18.7 Å². The van der Waals surface area contributed by atoms with Gasteiger partial charge in [0.05, 0.1) is 19.3 Å². The summed E-state index contributed by atoms with van der Waals surface area (Å²) in [6, 6.07) is 7.69. The smallest absolute Gasteiger partial charge is 0.0936 e. The van der Waals surface area contributed by atoms with Crippen molar-refractivity contribution in [1.29, 1.82) is 0 Å². The Morgan fingerprint density at radius 2 is 2.12 bits per heavy atom. The summed E-state index contributed by atoms with van der Waals surface area (Å²) in [6.07, 6.45) is 0.0475. The Balaban J connectivity index is 2.45. The normalized spacial score (nSPS) is 12.7. The number of benzene rings is 1. The molecule has 0 bridgehead atoms. The number of halogens is 1. The lowest BCUT2D eigenvalue weighted by atomic mass is 10.2. The zero-order chi connectivity index (χ0) is 11.8. The van der Waals surface area contributed by atoms with Gasteiger partial charge in [0.1, 0.15) is 0 Å². The van der Waals surface area contributed by atoms with E-state index < -0.39 is 0 Å². The Morgan fingerprint density at radius 1 is 1.38 bits per heavy atom. The number of likely N-dealkylation sites (N-methyl/N-ethyl adjacent to an activating group) is 1. The van der Waals surface area contributed by atoms with Crippen LogP contribution in [0, 0.1) is 0 Å². The molecule has 0 radical (unpaired) electrons. The molecule has 16 heavy (non-hydrogen) atoms. The van der Waals surface area contributed by atoms with Gasteiger partial charge in [-0.25, -0.2) is 0 Å². The molecule has 1 unspecified atom stereocenters. The van der Waals surface area contributed by atoms with Crippen molar-refractivity contribution >= 4 is 11.6 Å². The summed E-state index contributed by atoms with van der Waals surface area (Å²) < 4.78 is 10.8. The lowest BCUT2D eigenvalue weighted by Crippen LogP contribution is -2.30. The second kappa shape index (κ2) is 7.63. The Labute approximate surface area is 102 Å². The maximum Gasteiger partial charge on any atom is 0.0936 e. The highest BCUT2D eigenvalue weighted by atomic mass is 35.5. The number of hydrogen-bond acceptors (Lipinski definition) is 3. The number of nitrogens with one attached hydrogen (secondary N) is 1. The zero-order valence-corrected chi connectivity index (χ0v) is 10.5. The molecule has 0 aliphatic carbocycles. The van der Waals surface area contributed by atoms with Crippen molar-refractivity contribution in [3.8, 4) is 0 Å². The van der Waals surface area contributed by atoms with Gasteiger partial charge < -0.3 is 14.8 Å². The summed E-state index contributed by atoms with van der Waals surface area (Å²) in [7, 11) is 3.56. The van der Waals surface area contributed by atoms with Gasteiger partial charge in [-0.1, -0.05) is 29.8 Å². The van der Waals surface area contributed by atoms with Crippen molar-refractivity contribution in [2.75, 3.05) is 27.3 Å². The minimum absolute atomic E-state index is 0.0475. The molecule has 4 heteroatoms. The van der Waals surface area contributed by atoms with Crippen LogP contribution in [-0.4, -0.2) is 33.4 Å². The molecule has 0 fully saturated rings. The van der Waals surface area contributed by atoms with Crippen LogP contribution in [0.4, 0.5) is 0 Å². The van der Waals surface area contributed by atoms with E-state index in [1.807, 2.05) is 31.3 Å². The predicted octanol–water partition coefficient (Wildman–Crippen LogP) is 2.09. The molecule has 1 rings (SSSR count). The fraction of sp³-hybridized carbons (Fsp3) is 0.500. The van der Waals surface area contributed by atoms with Crippen molar-refractivity contribution in [2.24, 2.45) is 0 Å². The third-order valence-corrected chi connectivity index (χ3v) is 2.59. The first-order valence-electron chi connectivity index (χ1n) is 5.26. The van der Waals surface area contributed by atoms with Crippen molar-refractivity contribution in [3.63, 3.8) is 0 Å². The SMILES string of the molecule is CNCC(COC)OCc1ccccc1Cl. The molecule has 0 aromatic heterocycles. The van der Waals surface area contributed by atoms with E-state index in [1.165, 1.54) is 0 Å². The van der Waals surface area contributed by atoms with Gasteiger partial charge in [0.25, 0.3) is 0 Å². The Bertz CT molecular complexity index is 301. The van der Waals surface area contributed by atoms with Crippen LogP contribution in [0.2, 0.25) is 5.02 Å². The van der Waals surface area contributed by atoms with Crippen LogP contribution in [-0.2, 0) is 16.1 Å². The first-order valence-corrected chi connectivity index (χ1v) is 5.64. The van der Waals surface area contributed by atoms with E-state index in [9.17, 15) is 0 Å². The van der Waals surface area contributed by atoms with Gasteiger partial charge in [-0.2, -0.15) is 0 Å². The number of rotatable bonds is 7. The standard InChI is InChI=1S/C12H18ClNO2/c1-14-7-11(9-15-2)16-8-10-5-3-4-6-12(10)13/h3-6,11,14H,7-9H2,1-2H3. The molecule has 90 valence electrons. The Kier molecular flexibility index (Phi) is 6.42. The van der Waals surface area contributed by atoms with E-state index >= 15 is 0 Å². The summed E-state index contributed by atoms with van der Waals surface area (Å²) in [5.74, 6) is 0. The third-order valence-electron chi connectivity index (χ3n) is 2.22. The molecule has 0 aliphatic heterocycles. The van der Waals surface area contributed by atoms with Crippen molar-refractivity contribution in [2.45, 2.75) is 12.7 Å². The summed E-state index contributed by atoms with van der Waals surface area (Å²) >= 11 is 6.03. The number of methoxy groups -OCH3 is 1. The first kappa shape index (κ1) is 13.5. The first-order chi connectivity index (χ1) is 7.77. The second-order valence-electron chi connectivity index (χ2n) is 3.54. The Morgan fingerprint density at radius 3 is 2.75 bits per heavy atom. The van der Waals surface area contributed by atoms with E-state index in [0.717, 1.165) is 17.1 Å². The van der Waals surface area contributed by atoms with Crippen LogP contribution in [0.15, 0.2) is 24.3 Å². The van der Waals surface area contributed by atoms with Crippen LogP contribution in [0.25, 0.3) is 0 Å². The lowest BCUT2D eigenvalue weighted by molar-refractivity contribution is -0.00916. The molecule has 1 atom stereocenters. The average molecular weight is 244 g/mol. The minimum Gasteiger partial charge on any atom is -0.382 e. The molecule has 0 saturated heterocycles. The van der Waals surface area contributed by atoms with Crippen molar-refractivity contribution in [1.82, 2.24) is 5.32 Å². The van der Waals surface area contributed by atoms with Gasteiger partial charge in [0, 0.05) is 18.7 Å². The highest BCUT2D eigenvalue weighted by molar-refractivity contribution is 6.31. The molecule has 0 heterocycles. The molecule has 0 amide bonds. The molecule has 1 aromatic carbocycles. The van der Waals surface area contributed by atoms with E-state index in [-0.39, 0.29) is 6.10 Å². The highest BCUT2D eigenvalue weighted by Crippen LogP contribution is 2.16. The van der Waals surface area contributed by atoms with Gasteiger partial charge in [-0.15, -0.1) is 0 Å². The molecule has 0 saturated carbocycles. The summed E-state index contributed by atoms with van der Waals surface area (Å²) in [4.78, 5) is 0. The maximum absolute atomic E-state index is 6.03. The van der Waals surface area contributed by atoms with Gasteiger partial charge in [0.2, 0.25) is 0 Å². The zero-order valence-electron chi connectivity index (χ0n) is 9.70. The number of ether oxygens (including phenoxy) is 2. The van der Waals surface area contributed by atoms with E-state index in [4.69, 9.17) is 21.1 Å². The fourth-order valence-electron chi connectivity index (χ4n) is 1.40. The van der Waals surface area contributed by atoms with Crippen LogP contribution < -0.4 is 5.32 Å². The largest absolute Gasteiger partial charge is 0.382 e. The topological polar surface area (TPSA) is 30.5 Å². The molecular formula is C12H18ClNO2. The van der Waals surface area contributed by atoms with Gasteiger partial charge >= 0.3 is 0 Å². The van der Waals surface area contributed by atoms with Gasteiger partial charge in [0.15, 0.2) is 0 Å². The third kappa shape index (κ3) is 4.49. The van der Waals surface area contributed by atoms with Crippen LogP contribution in [0.1, 0.15) is 5.56 Å². The lowest BCUT2D eigenvalue weighted by Gasteiger charge is -2.17. The van der Waals surface area contributed by atoms with Gasteiger partial charge in [-0.3, -0.25) is 0 Å². The highest BCUT2D eigenvalue weighted by Gasteiger charge is 2.08. The summed E-state index contributed by atoms with van der Waals surface area (Å²) in [6.45, 7) is 1.85. The predicted molar refractivity (Wildman–Crippen MR) is 65.8 cm³/mol. The minimum atomic E-state index is 0.0475. The summed E-state index contributed by atoms with van der Waals surface area (Å²) in [5, 5.41) is 3.80. The Hall–Kier alpha value is -0.610. The van der Waals surface area contributed by atoms with E-state index in [1.54, 1.807) is 7.11 Å². The molecule has 1 N–H and O–H groups in total. The summed E-state index contributed by atoms with van der Waals surface area (Å²) in [5.41, 5.74) is 1.00.